The Morgan fingerprint density at radius 2 is 1.81 bits per heavy atom. The number of sulfone groups is 1. The molecule has 0 fully saturated rings. The van der Waals surface area contributed by atoms with Crippen molar-refractivity contribution >= 4 is 21.4 Å². The van der Waals surface area contributed by atoms with Crippen LogP contribution < -0.4 is 0 Å². The Balaban J connectivity index is 3.14. The summed E-state index contributed by atoms with van der Waals surface area (Å²) in [5, 5.41) is 0. The molecule has 21 heavy (non-hydrogen) atoms. The third-order valence-electron chi connectivity index (χ3n) is 2.88. The molecule has 4 nitrogen and oxygen atoms in total. The first-order chi connectivity index (χ1) is 9.75. The molecule has 5 heteroatoms. The van der Waals surface area contributed by atoms with E-state index in [0.29, 0.717) is 23.7 Å². The monoisotopic (exact) mass is 310 g/mol. The van der Waals surface area contributed by atoms with Gasteiger partial charge in [-0.05, 0) is 37.0 Å². The standard InChI is InChI=1S/C16H22O4S/c1-5-20-16(17)15(11-6-12(2)3)13-7-9-14(10-8-13)21(4,18)19/h7-12H,5-6H2,1-4H3. The zero-order valence-electron chi connectivity index (χ0n) is 12.9. The molecule has 1 aromatic rings. The molecule has 0 saturated heterocycles. The first kappa shape index (κ1) is 17.4. The van der Waals surface area contributed by atoms with E-state index in [0.717, 1.165) is 12.7 Å². The van der Waals surface area contributed by atoms with Crippen LogP contribution in [0.3, 0.4) is 0 Å². The SMILES string of the molecule is CCOC(=O)C(=CCC(C)C)c1ccc(S(C)(=O)=O)cc1. The third kappa shape index (κ3) is 5.34. The van der Waals surface area contributed by atoms with Crippen LogP contribution in [0, 0.1) is 5.92 Å². The van der Waals surface area contributed by atoms with Crippen molar-refractivity contribution < 1.29 is 17.9 Å². The van der Waals surface area contributed by atoms with Crippen LogP contribution in [-0.4, -0.2) is 27.2 Å². The van der Waals surface area contributed by atoms with Crippen molar-refractivity contribution in [1.82, 2.24) is 0 Å². The topological polar surface area (TPSA) is 60.4 Å². The van der Waals surface area contributed by atoms with Gasteiger partial charge >= 0.3 is 5.97 Å². The van der Waals surface area contributed by atoms with Gasteiger partial charge in [0.05, 0.1) is 17.1 Å². The van der Waals surface area contributed by atoms with Crippen LogP contribution >= 0.6 is 0 Å². The van der Waals surface area contributed by atoms with Crippen molar-refractivity contribution in [3.63, 3.8) is 0 Å². The largest absolute Gasteiger partial charge is 0.462 e. The first-order valence-electron chi connectivity index (χ1n) is 6.93. The number of carbonyl (C=O) groups is 1. The summed E-state index contributed by atoms with van der Waals surface area (Å²) >= 11 is 0. The Kier molecular flexibility index (Phi) is 6.15. The molecule has 1 rings (SSSR count). The minimum absolute atomic E-state index is 0.235. The van der Waals surface area contributed by atoms with Crippen LogP contribution in [-0.2, 0) is 19.4 Å². The van der Waals surface area contributed by atoms with Crippen molar-refractivity contribution in [2.45, 2.75) is 32.1 Å². The Morgan fingerprint density at radius 1 is 1.24 bits per heavy atom. The Labute approximate surface area is 126 Å². The molecule has 0 N–H and O–H groups in total. The number of rotatable bonds is 6. The van der Waals surface area contributed by atoms with E-state index in [1.54, 1.807) is 19.1 Å². The first-order valence-corrected chi connectivity index (χ1v) is 8.82. The van der Waals surface area contributed by atoms with E-state index in [-0.39, 0.29) is 10.9 Å². The predicted molar refractivity (Wildman–Crippen MR) is 83.6 cm³/mol. The number of hydrogen-bond acceptors (Lipinski definition) is 4. The zero-order valence-corrected chi connectivity index (χ0v) is 13.7. The molecule has 0 radical (unpaired) electrons. The Morgan fingerprint density at radius 3 is 2.24 bits per heavy atom. The van der Waals surface area contributed by atoms with Crippen molar-refractivity contribution in [2.75, 3.05) is 12.9 Å². The lowest BCUT2D eigenvalue weighted by Crippen LogP contribution is -2.07. The van der Waals surface area contributed by atoms with E-state index in [1.807, 2.05) is 6.08 Å². The van der Waals surface area contributed by atoms with E-state index in [4.69, 9.17) is 4.74 Å². The number of benzene rings is 1. The molecular weight excluding hydrogens is 288 g/mol. The number of ether oxygens (including phenoxy) is 1. The summed E-state index contributed by atoms with van der Waals surface area (Å²) in [5.41, 5.74) is 1.15. The second kappa shape index (κ2) is 7.41. The minimum Gasteiger partial charge on any atom is -0.462 e. The third-order valence-corrected chi connectivity index (χ3v) is 4.01. The van der Waals surface area contributed by atoms with Crippen LogP contribution in [0.2, 0.25) is 0 Å². The van der Waals surface area contributed by atoms with Gasteiger partial charge in [-0.25, -0.2) is 13.2 Å². The predicted octanol–water partition coefficient (Wildman–Crippen LogP) is 3.08. The van der Waals surface area contributed by atoms with Gasteiger partial charge in [0.2, 0.25) is 0 Å². The fourth-order valence-electron chi connectivity index (χ4n) is 1.76. The van der Waals surface area contributed by atoms with Crippen LogP contribution in [0.15, 0.2) is 35.2 Å². The zero-order chi connectivity index (χ0) is 16.0. The number of esters is 1. The lowest BCUT2D eigenvalue weighted by Gasteiger charge is -2.09. The smallest absolute Gasteiger partial charge is 0.338 e. The Hall–Kier alpha value is -1.62. The molecule has 0 amide bonds. The van der Waals surface area contributed by atoms with Crippen LogP contribution in [0.25, 0.3) is 5.57 Å². The molecule has 0 saturated carbocycles. The molecule has 0 aliphatic carbocycles. The van der Waals surface area contributed by atoms with Crippen LogP contribution in [0.5, 0.6) is 0 Å². The number of allylic oxidation sites excluding steroid dienone is 1. The molecule has 0 unspecified atom stereocenters. The Bertz CT molecular complexity index is 610. The lowest BCUT2D eigenvalue weighted by molar-refractivity contribution is -0.136. The molecule has 0 heterocycles. The average molecular weight is 310 g/mol. The fourth-order valence-corrected chi connectivity index (χ4v) is 2.39. The maximum atomic E-state index is 12.0. The van der Waals surface area contributed by atoms with Gasteiger partial charge in [-0.1, -0.05) is 32.1 Å². The average Bonchev–Trinajstić information content (AvgIpc) is 2.38. The summed E-state index contributed by atoms with van der Waals surface area (Å²) in [6.45, 7) is 6.18. The molecule has 1 aromatic carbocycles. The van der Waals surface area contributed by atoms with Gasteiger partial charge < -0.3 is 4.74 Å². The van der Waals surface area contributed by atoms with E-state index in [9.17, 15) is 13.2 Å². The van der Waals surface area contributed by atoms with Gasteiger partial charge in [-0.2, -0.15) is 0 Å². The number of carbonyl (C=O) groups excluding carboxylic acids is 1. The highest BCUT2D eigenvalue weighted by Crippen LogP contribution is 2.21. The molecule has 0 aromatic heterocycles. The van der Waals surface area contributed by atoms with Gasteiger partial charge in [0.1, 0.15) is 0 Å². The quantitative estimate of drug-likeness (QED) is 0.598. The molecule has 116 valence electrons. The summed E-state index contributed by atoms with van der Waals surface area (Å²) in [6.07, 6.45) is 3.75. The maximum absolute atomic E-state index is 12.0. The summed E-state index contributed by atoms with van der Waals surface area (Å²) in [6, 6.07) is 6.29. The van der Waals surface area contributed by atoms with E-state index < -0.39 is 9.84 Å². The summed E-state index contributed by atoms with van der Waals surface area (Å²) in [7, 11) is -3.24. The van der Waals surface area contributed by atoms with E-state index >= 15 is 0 Å². The van der Waals surface area contributed by atoms with Gasteiger partial charge in [-0.15, -0.1) is 0 Å². The molecule has 0 aliphatic heterocycles. The normalized spacial score (nSPS) is 12.5. The van der Waals surface area contributed by atoms with Crippen molar-refractivity contribution in [3.8, 4) is 0 Å². The van der Waals surface area contributed by atoms with Gasteiger partial charge in [0, 0.05) is 6.26 Å². The highest BCUT2D eigenvalue weighted by molar-refractivity contribution is 7.90. The second-order valence-electron chi connectivity index (χ2n) is 5.26. The van der Waals surface area contributed by atoms with Gasteiger partial charge in [-0.3, -0.25) is 0 Å². The molecule has 0 atom stereocenters. The van der Waals surface area contributed by atoms with Crippen LogP contribution in [0.1, 0.15) is 32.8 Å². The maximum Gasteiger partial charge on any atom is 0.338 e. The van der Waals surface area contributed by atoms with Crippen molar-refractivity contribution in [3.05, 3.63) is 35.9 Å². The molecule has 0 spiro atoms. The second-order valence-corrected chi connectivity index (χ2v) is 7.28. The lowest BCUT2D eigenvalue weighted by atomic mass is 10.0. The van der Waals surface area contributed by atoms with E-state index in [1.165, 1.54) is 12.1 Å². The summed E-state index contributed by atoms with van der Waals surface area (Å²) < 4.78 is 28.0. The highest BCUT2D eigenvalue weighted by atomic mass is 32.2. The van der Waals surface area contributed by atoms with Crippen molar-refractivity contribution in [1.29, 1.82) is 0 Å². The summed E-state index contributed by atoms with van der Waals surface area (Å²) in [5.74, 6) is 0.0370. The fraction of sp³-hybridized carbons (Fsp3) is 0.438. The number of hydrogen-bond donors (Lipinski definition) is 0. The van der Waals surface area contributed by atoms with Crippen molar-refractivity contribution in [2.24, 2.45) is 5.92 Å². The van der Waals surface area contributed by atoms with E-state index in [2.05, 4.69) is 13.8 Å². The minimum atomic E-state index is -3.24. The highest BCUT2D eigenvalue weighted by Gasteiger charge is 2.14. The molecule has 0 aliphatic rings. The van der Waals surface area contributed by atoms with Gasteiger partial charge in [0.15, 0.2) is 9.84 Å². The molecular formula is C16H22O4S. The van der Waals surface area contributed by atoms with Crippen LogP contribution in [0.4, 0.5) is 0 Å². The molecule has 0 bridgehead atoms. The van der Waals surface area contributed by atoms with Gasteiger partial charge in [0.25, 0.3) is 0 Å². The summed E-state index contributed by atoms with van der Waals surface area (Å²) in [4.78, 5) is 12.3.